The number of hydrogen-bond acceptors (Lipinski definition) is 3. The maximum atomic E-state index is 11.4. The lowest BCUT2D eigenvalue weighted by Gasteiger charge is -2.46. The highest BCUT2D eigenvalue weighted by atomic mass is 16.5. The Labute approximate surface area is 124 Å². The van der Waals surface area contributed by atoms with E-state index in [-0.39, 0.29) is 12.1 Å². The standard InChI is InChI=1S/C18H21NO2/c1-12-6-7-13-4-2-3-5-16(13)17(12)18(20)8-14-10-21-11-15(9-18)19-14/h2-7,14-15,19-20H,8-11H2,1H3. The summed E-state index contributed by atoms with van der Waals surface area (Å²) in [4.78, 5) is 0. The van der Waals surface area contributed by atoms with Crippen LogP contribution in [0.25, 0.3) is 10.8 Å². The minimum absolute atomic E-state index is 0.251. The van der Waals surface area contributed by atoms with E-state index in [1.807, 2.05) is 0 Å². The van der Waals surface area contributed by atoms with Crippen molar-refractivity contribution in [3.05, 3.63) is 47.5 Å². The first kappa shape index (κ1) is 13.3. The number of rotatable bonds is 1. The molecular weight excluding hydrogens is 262 g/mol. The monoisotopic (exact) mass is 283 g/mol. The number of nitrogens with one attached hydrogen (secondary N) is 1. The zero-order chi connectivity index (χ0) is 14.4. The van der Waals surface area contributed by atoms with Crippen LogP contribution in [-0.4, -0.2) is 30.4 Å². The molecule has 2 unspecified atom stereocenters. The molecule has 2 heterocycles. The second kappa shape index (κ2) is 4.80. The third-order valence-corrected chi connectivity index (χ3v) is 4.88. The molecule has 0 radical (unpaired) electrons. The van der Waals surface area contributed by atoms with Gasteiger partial charge in [-0.1, -0.05) is 36.4 Å². The largest absolute Gasteiger partial charge is 0.385 e. The Morgan fingerprint density at radius 2 is 1.81 bits per heavy atom. The van der Waals surface area contributed by atoms with E-state index in [2.05, 4.69) is 48.6 Å². The van der Waals surface area contributed by atoms with Gasteiger partial charge >= 0.3 is 0 Å². The topological polar surface area (TPSA) is 41.5 Å². The van der Waals surface area contributed by atoms with E-state index < -0.39 is 5.60 Å². The Hall–Kier alpha value is -1.42. The zero-order valence-corrected chi connectivity index (χ0v) is 12.3. The molecule has 2 aliphatic rings. The van der Waals surface area contributed by atoms with E-state index in [0.29, 0.717) is 13.2 Å². The third kappa shape index (κ3) is 2.16. The summed E-state index contributed by atoms with van der Waals surface area (Å²) in [6.45, 7) is 3.50. The quantitative estimate of drug-likeness (QED) is 0.845. The van der Waals surface area contributed by atoms with E-state index in [4.69, 9.17) is 4.74 Å². The molecule has 2 atom stereocenters. The fourth-order valence-electron chi connectivity index (χ4n) is 4.12. The summed E-state index contributed by atoms with van der Waals surface area (Å²) in [5.41, 5.74) is 1.53. The van der Waals surface area contributed by atoms with Crippen molar-refractivity contribution in [2.24, 2.45) is 0 Å². The van der Waals surface area contributed by atoms with Crippen molar-refractivity contribution in [3.8, 4) is 0 Å². The molecule has 4 rings (SSSR count). The van der Waals surface area contributed by atoms with Crippen LogP contribution in [0.5, 0.6) is 0 Å². The molecule has 110 valence electrons. The molecular formula is C18H21NO2. The Kier molecular flexibility index (Phi) is 3.03. The molecule has 3 nitrogen and oxygen atoms in total. The molecule has 3 heteroatoms. The number of ether oxygens (including phenoxy) is 1. The number of benzene rings is 2. The van der Waals surface area contributed by atoms with Crippen LogP contribution < -0.4 is 5.32 Å². The number of aliphatic hydroxyl groups is 1. The van der Waals surface area contributed by atoms with Crippen LogP contribution in [0, 0.1) is 6.92 Å². The van der Waals surface area contributed by atoms with Crippen molar-refractivity contribution < 1.29 is 9.84 Å². The highest BCUT2D eigenvalue weighted by Crippen LogP contribution is 2.41. The number of hydrogen-bond donors (Lipinski definition) is 2. The minimum atomic E-state index is -0.755. The number of fused-ring (bicyclic) bond motifs is 3. The maximum Gasteiger partial charge on any atom is 0.0936 e. The van der Waals surface area contributed by atoms with Gasteiger partial charge < -0.3 is 15.2 Å². The third-order valence-electron chi connectivity index (χ3n) is 4.88. The van der Waals surface area contributed by atoms with Gasteiger partial charge in [0.25, 0.3) is 0 Å². The number of morpholine rings is 1. The molecule has 0 amide bonds. The normalized spacial score (nSPS) is 32.3. The van der Waals surface area contributed by atoms with Crippen LogP contribution in [0.1, 0.15) is 24.0 Å². The van der Waals surface area contributed by atoms with Gasteiger partial charge in [0.05, 0.1) is 18.8 Å². The molecule has 21 heavy (non-hydrogen) atoms. The lowest BCUT2D eigenvalue weighted by molar-refractivity contribution is -0.0797. The van der Waals surface area contributed by atoms with Gasteiger partial charge in [0.1, 0.15) is 0 Å². The van der Waals surface area contributed by atoms with E-state index in [1.54, 1.807) is 0 Å². The van der Waals surface area contributed by atoms with E-state index >= 15 is 0 Å². The zero-order valence-electron chi connectivity index (χ0n) is 12.3. The van der Waals surface area contributed by atoms with Gasteiger partial charge in [-0.15, -0.1) is 0 Å². The number of aryl methyl sites for hydroxylation is 1. The first-order valence-corrected chi connectivity index (χ1v) is 7.71. The summed E-state index contributed by atoms with van der Waals surface area (Å²) in [5, 5.41) is 17.4. The van der Waals surface area contributed by atoms with Gasteiger partial charge in [-0.2, -0.15) is 0 Å². The summed E-state index contributed by atoms with van der Waals surface area (Å²) >= 11 is 0. The second-order valence-corrected chi connectivity index (χ2v) is 6.52. The molecule has 0 spiro atoms. The average molecular weight is 283 g/mol. The van der Waals surface area contributed by atoms with Gasteiger partial charge in [0, 0.05) is 12.1 Å². The van der Waals surface area contributed by atoms with Crippen molar-refractivity contribution in [1.82, 2.24) is 5.32 Å². The summed E-state index contributed by atoms with van der Waals surface area (Å²) in [6.07, 6.45) is 1.44. The summed E-state index contributed by atoms with van der Waals surface area (Å²) < 4.78 is 5.61. The number of piperidine rings is 1. The first-order valence-electron chi connectivity index (χ1n) is 7.71. The van der Waals surface area contributed by atoms with Gasteiger partial charge in [-0.05, 0) is 41.7 Å². The second-order valence-electron chi connectivity index (χ2n) is 6.52. The van der Waals surface area contributed by atoms with Crippen molar-refractivity contribution in [3.63, 3.8) is 0 Å². The molecule has 2 aromatic rings. The predicted octanol–water partition coefficient (Wildman–Crippen LogP) is 2.49. The minimum Gasteiger partial charge on any atom is -0.385 e. The van der Waals surface area contributed by atoms with E-state index in [1.165, 1.54) is 16.3 Å². The smallest absolute Gasteiger partial charge is 0.0936 e. The van der Waals surface area contributed by atoms with Crippen molar-refractivity contribution in [2.45, 2.75) is 37.5 Å². The molecule has 2 saturated heterocycles. The van der Waals surface area contributed by atoms with Crippen molar-refractivity contribution >= 4 is 10.8 Å². The van der Waals surface area contributed by atoms with E-state index in [9.17, 15) is 5.11 Å². The SMILES string of the molecule is Cc1ccc2ccccc2c1C1(O)CC2COCC(C1)N2. The van der Waals surface area contributed by atoms with Gasteiger partial charge in [0.2, 0.25) is 0 Å². The molecule has 2 aliphatic heterocycles. The van der Waals surface area contributed by atoms with E-state index in [0.717, 1.165) is 18.4 Å². The fourth-order valence-corrected chi connectivity index (χ4v) is 4.12. The highest BCUT2D eigenvalue weighted by molar-refractivity contribution is 5.87. The maximum absolute atomic E-state index is 11.4. The Bertz CT molecular complexity index is 670. The Morgan fingerprint density at radius 1 is 1.10 bits per heavy atom. The van der Waals surface area contributed by atoms with Crippen LogP contribution in [0.2, 0.25) is 0 Å². The fraction of sp³-hybridized carbons (Fsp3) is 0.444. The highest BCUT2D eigenvalue weighted by Gasteiger charge is 2.43. The predicted molar refractivity (Wildman–Crippen MR) is 83.3 cm³/mol. The molecule has 0 aromatic heterocycles. The van der Waals surface area contributed by atoms with Crippen LogP contribution in [0.4, 0.5) is 0 Å². The molecule has 2 N–H and O–H groups in total. The molecule has 2 aromatic carbocycles. The Morgan fingerprint density at radius 3 is 2.57 bits per heavy atom. The molecule has 0 aliphatic carbocycles. The van der Waals surface area contributed by atoms with Crippen LogP contribution >= 0.6 is 0 Å². The van der Waals surface area contributed by atoms with Crippen LogP contribution in [0.15, 0.2) is 36.4 Å². The summed E-state index contributed by atoms with van der Waals surface area (Å²) in [5.74, 6) is 0. The average Bonchev–Trinajstić information content (AvgIpc) is 2.46. The summed E-state index contributed by atoms with van der Waals surface area (Å²) in [7, 11) is 0. The van der Waals surface area contributed by atoms with Gasteiger partial charge in [-0.3, -0.25) is 0 Å². The molecule has 0 saturated carbocycles. The van der Waals surface area contributed by atoms with Crippen molar-refractivity contribution in [2.75, 3.05) is 13.2 Å². The van der Waals surface area contributed by atoms with Gasteiger partial charge in [-0.25, -0.2) is 0 Å². The van der Waals surface area contributed by atoms with Crippen LogP contribution in [0.3, 0.4) is 0 Å². The first-order chi connectivity index (χ1) is 10.2. The molecule has 2 bridgehead atoms. The Balaban J connectivity index is 1.87. The lowest BCUT2D eigenvalue weighted by atomic mass is 9.75. The lowest BCUT2D eigenvalue weighted by Crippen LogP contribution is -2.58. The van der Waals surface area contributed by atoms with Crippen LogP contribution in [-0.2, 0) is 10.3 Å². The molecule has 2 fully saturated rings. The van der Waals surface area contributed by atoms with Gasteiger partial charge in [0.15, 0.2) is 0 Å². The van der Waals surface area contributed by atoms with Crippen molar-refractivity contribution in [1.29, 1.82) is 0 Å². The summed E-state index contributed by atoms with van der Waals surface area (Å²) in [6, 6.07) is 13.1.